The van der Waals surface area contributed by atoms with E-state index < -0.39 is 22.1 Å². The lowest BCUT2D eigenvalue weighted by atomic mass is 10.0. The van der Waals surface area contributed by atoms with Gasteiger partial charge in [-0.3, -0.25) is 9.62 Å². The van der Waals surface area contributed by atoms with E-state index in [4.69, 9.17) is 0 Å². The summed E-state index contributed by atoms with van der Waals surface area (Å²) in [4.78, 5) is 2.35. The van der Waals surface area contributed by atoms with Crippen LogP contribution in [-0.4, -0.2) is 38.8 Å². The molecule has 0 bridgehead atoms. The van der Waals surface area contributed by atoms with E-state index in [1.165, 1.54) is 5.56 Å². The van der Waals surface area contributed by atoms with Crippen LogP contribution in [0.1, 0.15) is 37.8 Å². The van der Waals surface area contributed by atoms with E-state index in [1.54, 1.807) is 6.07 Å². The molecule has 0 saturated carbocycles. The Morgan fingerprint density at radius 2 is 1.59 bits per heavy atom. The molecule has 0 unspecified atom stereocenters. The minimum atomic E-state index is -4.83. The number of anilines is 1. The molecular weight excluding hydrogens is 465 g/mol. The summed E-state index contributed by atoms with van der Waals surface area (Å²) in [5.41, 5.74) is 2.76. The molecule has 5 nitrogen and oxygen atoms in total. The molecule has 1 N–H and O–H groups in total. The number of fused-ring (bicyclic) bond motifs is 1. The molecule has 2 aromatic rings. The quantitative estimate of drug-likeness (QED) is 0.562. The Bertz CT molecular complexity index is 994. The number of rotatable bonds is 7. The molecule has 0 fully saturated rings. The first-order valence-electron chi connectivity index (χ1n) is 10.4. The van der Waals surface area contributed by atoms with Gasteiger partial charge in [-0.2, -0.15) is 0 Å². The molecule has 32 heavy (non-hydrogen) atoms. The molecular formula is C22H28ClF3N2O3S. The van der Waals surface area contributed by atoms with Gasteiger partial charge < -0.3 is 4.74 Å². The van der Waals surface area contributed by atoms with Gasteiger partial charge >= 0.3 is 6.36 Å². The minimum Gasteiger partial charge on any atom is -0.406 e. The maximum Gasteiger partial charge on any atom is 0.573 e. The van der Waals surface area contributed by atoms with Gasteiger partial charge in [0.15, 0.2) is 0 Å². The van der Waals surface area contributed by atoms with E-state index in [0.717, 1.165) is 68.6 Å². The van der Waals surface area contributed by atoms with Crippen LogP contribution in [0.4, 0.5) is 18.9 Å². The highest BCUT2D eigenvalue weighted by Crippen LogP contribution is 2.26. The van der Waals surface area contributed by atoms with Crippen molar-refractivity contribution in [2.24, 2.45) is 0 Å². The lowest BCUT2D eigenvalue weighted by Gasteiger charge is -2.28. The predicted molar refractivity (Wildman–Crippen MR) is 121 cm³/mol. The standard InChI is InChI=1S/C22H27F3N2O3S.ClH/c1-3-19(4-2)27-13-11-16-5-6-18(15-17(16)12-14-27)26-31(28,29)21-9-7-20(8-10-21)30-22(23,24)25;/h5-10,15,19,26H,3-4,11-14H2,1-2H3;1H. The zero-order chi connectivity index (χ0) is 22.6. The van der Waals surface area contributed by atoms with Crippen LogP contribution in [0.3, 0.4) is 0 Å². The monoisotopic (exact) mass is 492 g/mol. The van der Waals surface area contributed by atoms with E-state index in [-0.39, 0.29) is 17.3 Å². The largest absolute Gasteiger partial charge is 0.573 e. The van der Waals surface area contributed by atoms with Crippen molar-refractivity contribution in [1.82, 2.24) is 4.90 Å². The molecule has 0 atom stereocenters. The third-order valence-corrected chi connectivity index (χ3v) is 7.02. The van der Waals surface area contributed by atoms with Crippen LogP contribution in [0.25, 0.3) is 0 Å². The van der Waals surface area contributed by atoms with Crippen molar-refractivity contribution >= 4 is 28.1 Å². The van der Waals surface area contributed by atoms with Crippen molar-refractivity contribution in [3.63, 3.8) is 0 Å². The van der Waals surface area contributed by atoms with Gasteiger partial charge in [0.1, 0.15) is 5.75 Å². The minimum absolute atomic E-state index is 0. The van der Waals surface area contributed by atoms with Crippen LogP contribution in [0.2, 0.25) is 0 Å². The van der Waals surface area contributed by atoms with Gasteiger partial charge in [0.05, 0.1) is 4.90 Å². The smallest absolute Gasteiger partial charge is 0.406 e. The van der Waals surface area contributed by atoms with Crippen LogP contribution >= 0.6 is 12.4 Å². The molecule has 1 heterocycles. The lowest BCUT2D eigenvalue weighted by molar-refractivity contribution is -0.274. The second-order valence-electron chi connectivity index (χ2n) is 7.61. The van der Waals surface area contributed by atoms with E-state index in [1.807, 2.05) is 12.1 Å². The second kappa shape index (κ2) is 10.8. The number of hydrogen-bond acceptors (Lipinski definition) is 4. The zero-order valence-corrected chi connectivity index (χ0v) is 19.6. The van der Waals surface area contributed by atoms with E-state index >= 15 is 0 Å². The van der Waals surface area contributed by atoms with Crippen molar-refractivity contribution in [1.29, 1.82) is 0 Å². The topological polar surface area (TPSA) is 58.6 Å². The summed E-state index contributed by atoms with van der Waals surface area (Å²) >= 11 is 0. The van der Waals surface area contributed by atoms with Crippen LogP contribution in [-0.2, 0) is 22.9 Å². The Hall–Kier alpha value is -1.97. The van der Waals surface area contributed by atoms with Crippen LogP contribution in [0, 0.1) is 0 Å². The lowest BCUT2D eigenvalue weighted by Crippen LogP contribution is -2.36. The summed E-state index contributed by atoms with van der Waals surface area (Å²) in [5.74, 6) is -0.474. The predicted octanol–water partition coefficient (Wildman–Crippen LogP) is 5.40. The average molecular weight is 493 g/mol. The SMILES string of the molecule is CCC(CC)N1CCc2ccc(NS(=O)(=O)c3ccc(OC(F)(F)F)cc3)cc2CC1.Cl. The Labute approximate surface area is 193 Å². The van der Waals surface area contributed by atoms with Gasteiger partial charge in [0.25, 0.3) is 10.0 Å². The number of benzene rings is 2. The molecule has 0 aromatic heterocycles. The van der Waals surface area contributed by atoms with Gasteiger partial charge in [-0.15, -0.1) is 25.6 Å². The number of nitrogens with one attached hydrogen (secondary N) is 1. The molecule has 178 valence electrons. The highest BCUT2D eigenvalue weighted by molar-refractivity contribution is 7.92. The summed E-state index contributed by atoms with van der Waals surface area (Å²) < 4.78 is 68.5. The normalized spacial score (nSPS) is 14.9. The van der Waals surface area contributed by atoms with E-state index in [2.05, 4.69) is 28.2 Å². The van der Waals surface area contributed by atoms with Gasteiger partial charge in [-0.25, -0.2) is 8.42 Å². The van der Waals surface area contributed by atoms with Gasteiger partial charge in [-0.1, -0.05) is 19.9 Å². The number of hydrogen-bond donors (Lipinski definition) is 1. The number of nitrogens with zero attached hydrogens (tertiary/aromatic N) is 1. The number of sulfonamides is 1. The first kappa shape index (κ1) is 26.3. The fraction of sp³-hybridized carbons (Fsp3) is 0.455. The molecule has 0 spiro atoms. The maximum absolute atomic E-state index is 12.7. The summed E-state index contributed by atoms with van der Waals surface area (Å²) in [7, 11) is -3.94. The van der Waals surface area contributed by atoms with Crippen molar-refractivity contribution in [2.45, 2.75) is 56.8 Å². The van der Waals surface area contributed by atoms with E-state index in [0.29, 0.717) is 11.7 Å². The molecule has 3 rings (SSSR count). The summed E-state index contributed by atoms with van der Waals surface area (Å²) in [6.07, 6.45) is -0.871. The Balaban J connectivity index is 0.00000363. The van der Waals surface area contributed by atoms with Gasteiger partial charge in [0.2, 0.25) is 0 Å². The average Bonchev–Trinajstić information content (AvgIpc) is 2.90. The van der Waals surface area contributed by atoms with Gasteiger partial charge in [-0.05, 0) is 73.2 Å². The Morgan fingerprint density at radius 1 is 1.00 bits per heavy atom. The summed E-state index contributed by atoms with van der Waals surface area (Å²) in [6, 6.07) is 10.2. The number of alkyl halides is 3. The number of halogens is 4. The molecule has 10 heteroatoms. The molecule has 0 amide bonds. The van der Waals surface area contributed by atoms with Crippen molar-refractivity contribution in [3.05, 3.63) is 53.6 Å². The third kappa shape index (κ3) is 6.76. The highest BCUT2D eigenvalue weighted by atomic mass is 35.5. The molecule has 0 radical (unpaired) electrons. The van der Waals surface area contributed by atoms with Crippen LogP contribution in [0.15, 0.2) is 47.4 Å². The zero-order valence-electron chi connectivity index (χ0n) is 18.0. The molecule has 2 aromatic carbocycles. The molecule has 0 aliphatic carbocycles. The fourth-order valence-corrected chi connectivity index (χ4v) is 5.06. The third-order valence-electron chi connectivity index (χ3n) is 5.62. The fourth-order valence-electron chi connectivity index (χ4n) is 4.01. The first-order chi connectivity index (χ1) is 14.6. The maximum atomic E-state index is 12.7. The molecule has 1 aliphatic rings. The summed E-state index contributed by atoms with van der Waals surface area (Å²) in [6.45, 7) is 6.30. The molecule has 1 aliphatic heterocycles. The first-order valence-corrected chi connectivity index (χ1v) is 11.8. The van der Waals surface area contributed by atoms with Crippen molar-refractivity contribution < 1.29 is 26.3 Å². The molecule has 0 saturated heterocycles. The number of ether oxygens (including phenoxy) is 1. The highest BCUT2D eigenvalue weighted by Gasteiger charge is 2.31. The van der Waals surface area contributed by atoms with E-state index in [9.17, 15) is 21.6 Å². The van der Waals surface area contributed by atoms with Crippen LogP contribution in [0.5, 0.6) is 5.75 Å². The van der Waals surface area contributed by atoms with Gasteiger partial charge in [0, 0.05) is 24.8 Å². The Morgan fingerprint density at radius 3 is 2.16 bits per heavy atom. The van der Waals surface area contributed by atoms with Crippen LogP contribution < -0.4 is 9.46 Å². The summed E-state index contributed by atoms with van der Waals surface area (Å²) in [5, 5.41) is 0. The second-order valence-corrected chi connectivity index (χ2v) is 9.30. The van der Waals surface area contributed by atoms with Crippen molar-refractivity contribution in [2.75, 3.05) is 17.8 Å². The van der Waals surface area contributed by atoms with Crippen molar-refractivity contribution in [3.8, 4) is 5.75 Å². The Kier molecular flexibility index (Phi) is 8.84.